The number of benzene rings is 3. The number of aryl methyl sites for hydroxylation is 1. The van der Waals surface area contributed by atoms with Gasteiger partial charge in [-0.3, -0.25) is 0 Å². The Morgan fingerprint density at radius 1 is 0.810 bits per heavy atom. The number of rotatable bonds is 1. The molecule has 0 aromatic heterocycles. The van der Waals surface area contributed by atoms with Crippen LogP contribution in [0.15, 0.2) is 60.2 Å². The topological polar surface area (TPSA) is 0 Å². The highest BCUT2D eigenvalue weighted by atomic mass is 14.2. The molecule has 102 valence electrons. The number of allylic oxidation sites excluding steroid dienone is 1. The van der Waals surface area contributed by atoms with E-state index in [1.54, 1.807) is 0 Å². The Bertz CT molecular complexity index is 882. The van der Waals surface area contributed by atoms with Crippen molar-refractivity contribution < 1.29 is 0 Å². The molecule has 0 spiro atoms. The molecule has 1 aliphatic carbocycles. The van der Waals surface area contributed by atoms with Crippen LogP contribution in [0.3, 0.4) is 0 Å². The lowest BCUT2D eigenvalue weighted by Gasteiger charge is -2.11. The maximum Gasteiger partial charge on any atom is -0.00577 e. The lowest BCUT2D eigenvalue weighted by Crippen LogP contribution is -1.91. The van der Waals surface area contributed by atoms with Crippen molar-refractivity contribution in [3.05, 3.63) is 76.9 Å². The van der Waals surface area contributed by atoms with Gasteiger partial charge in [-0.1, -0.05) is 60.2 Å². The summed E-state index contributed by atoms with van der Waals surface area (Å²) in [6.45, 7) is 4.44. The molecule has 0 fully saturated rings. The molecule has 0 nitrogen and oxygen atoms in total. The Labute approximate surface area is 125 Å². The standard InChI is InChI=1S/C21H18/c1-14-11-20-15(2)7-10-19(21(20)12-14)18-9-8-16-5-3-4-6-17(16)13-18/h3-10,12-13H,11H2,1-2H3. The van der Waals surface area contributed by atoms with Crippen LogP contribution in [-0.4, -0.2) is 0 Å². The zero-order chi connectivity index (χ0) is 14.4. The number of hydrogen-bond acceptors (Lipinski definition) is 0. The predicted octanol–water partition coefficient (Wildman–Crippen LogP) is 5.77. The molecule has 3 aromatic rings. The van der Waals surface area contributed by atoms with E-state index in [2.05, 4.69) is 74.5 Å². The summed E-state index contributed by atoms with van der Waals surface area (Å²) in [7, 11) is 0. The van der Waals surface area contributed by atoms with Crippen molar-refractivity contribution in [1.82, 2.24) is 0 Å². The molecule has 4 rings (SSSR count). The molecule has 0 saturated heterocycles. The van der Waals surface area contributed by atoms with Crippen LogP contribution >= 0.6 is 0 Å². The summed E-state index contributed by atoms with van der Waals surface area (Å²) in [6.07, 6.45) is 3.45. The summed E-state index contributed by atoms with van der Waals surface area (Å²) in [6, 6.07) is 19.9. The molecule has 0 atom stereocenters. The van der Waals surface area contributed by atoms with E-state index in [1.165, 1.54) is 44.2 Å². The molecule has 0 heteroatoms. The smallest absolute Gasteiger partial charge is 0.00577 e. The Balaban J connectivity index is 1.95. The van der Waals surface area contributed by atoms with Crippen LogP contribution in [0.25, 0.3) is 28.0 Å². The van der Waals surface area contributed by atoms with Gasteiger partial charge in [0.1, 0.15) is 0 Å². The normalized spacial score (nSPS) is 13.3. The van der Waals surface area contributed by atoms with E-state index in [9.17, 15) is 0 Å². The van der Waals surface area contributed by atoms with Crippen LogP contribution in [0.5, 0.6) is 0 Å². The minimum atomic E-state index is 1.10. The van der Waals surface area contributed by atoms with Gasteiger partial charge in [-0.15, -0.1) is 0 Å². The number of fused-ring (bicyclic) bond motifs is 2. The second kappa shape index (κ2) is 4.60. The molecular weight excluding hydrogens is 252 g/mol. The predicted molar refractivity (Wildman–Crippen MR) is 91.5 cm³/mol. The zero-order valence-electron chi connectivity index (χ0n) is 12.5. The van der Waals surface area contributed by atoms with Crippen molar-refractivity contribution in [2.75, 3.05) is 0 Å². The lowest BCUT2D eigenvalue weighted by atomic mass is 9.93. The van der Waals surface area contributed by atoms with Gasteiger partial charge in [-0.2, -0.15) is 0 Å². The number of hydrogen-bond donors (Lipinski definition) is 0. The lowest BCUT2D eigenvalue weighted by molar-refractivity contribution is 1.16. The first-order chi connectivity index (χ1) is 10.2. The van der Waals surface area contributed by atoms with Crippen molar-refractivity contribution in [2.24, 2.45) is 0 Å². The first kappa shape index (κ1) is 12.4. The van der Waals surface area contributed by atoms with Crippen LogP contribution in [0, 0.1) is 6.92 Å². The van der Waals surface area contributed by atoms with E-state index in [0.29, 0.717) is 0 Å². The second-order valence-electron chi connectivity index (χ2n) is 6.05. The van der Waals surface area contributed by atoms with Gasteiger partial charge >= 0.3 is 0 Å². The highest BCUT2D eigenvalue weighted by Gasteiger charge is 2.16. The summed E-state index contributed by atoms with van der Waals surface area (Å²) in [4.78, 5) is 0. The monoisotopic (exact) mass is 270 g/mol. The van der Waals surface area contributed by atoms with Crippen molar-refractivity contribution >= 4 is 16.8 Å². The average molecular weight is 270 g/mol. The van der Waals surface area contributed by atoms with Gasteiger partial charge in [0.25, 0.3) is 0 Å². The van der Waals surface area contributed by atoms with Gasteiger partial charge in [0.2, 0.25) is 0 Å². The maximum absolute atomic E-state index is 2.35. The van der Waals surface area contributed by atoms with Gasteiger partial charge in [-0.25, -0.2) is 0 Å². The van der Waals surface area contributed by atoms with Crippen LogP contribution in [0.4, 0.5) is 0 Å². The Kier molecular flexibility index (Phi) is 2.71. The molecule has 0 saturated carbocycles. The van der Waals surface area contributed by atoms with Crippen LogP contribution in [-0.2, 0) is 6.42 Å². The highest BCUT2D eigenvalue weighted by molar-refractivity contribution is 5.90. The minimum absolute atomic E-state index is 1.10. The van der Waals surface area contributed by atoms with E-state index in [0.717, 1.165) is 6.42 Å². The Morgan fingerprint density at radius 3 is 2.48 bits per heavy atom. The zero-order valence-corrected chi connectivity index (χ0v) is 12.5. The van der Waals surface area contributed by atoms with Gasteiger partial charge in [0.15, 0.2) is 0 Å². The van der Waals surface area contributed by atoms with Gasteiger partial charge in [0, 0.05) is 0 Å². The van der Waals surface area contributed by atoms with E-state index in [4.69, 9.17) is 0 Å². The third-order valence-electron chi connectivity index (χ3n) is 4.50. The fourth-order valence-electron chi connectivity index (χ4n) is 3.36. The Morgan fingerprint density at radius 2 is 1.62 bits per heavy atom. The van der Waals surface area contributed by atoms with Crippen molar-refractivity contribution in [2.45, 2.75) is 20.3 Å². The van der Waals surface area contributed by atoms with E-state index in [-0.39, 0.29) is 0 Å². The molecule has 0 radical (unpaired) electrons. The first-order valence-corrected chi connectivity index (χ1v) is 7.51. The first-order valence-electron chi connectivity index (χ1n) is 7.51. The van der Waals surface area contributed by atoms with E-state index < -0.39 is 0 Å². The fourth-order valence-corrected chi connectivity index (χ4v) is 3.36. The summed E-state index contributed by atoms with van der Waals surface area (Å²) < 4.78 is 0. The van der Waals surface area contributed by atoms with Crippen LogP contribution in [0.2, 0.25) is 0 Å². The fraction of sp³-hybridized carbons (Fsp3) is 0.143. The molecule has 1 aliphatic rings. The van der Waals surface area contributed by atoms with Crippen molar-refractivity contribution in [1.29, 1.82) is 0 Å². The molecular formula is C21H18. The molecule has 0 amide bonds. The molecule has 21 heavy (non-hydrogen) atoms. The van der Waals surface area contributed by atoms with Gasteiger partial charge in [-0.05, 0) is 64.9 Å². The molecule has 0 N–H and O–H groups in total. The second-order valence-corrected chi connectivity index (χ2v) is 6.05. The summed E-state index contributed by atoms with van der Waals surface area (Å²) in [5.74, 6) is 0. The summed E-state index contributed by atoms with van der Waals surface area (Å²) in [5.41, 5.74) is 8.46. The van der Waals surface area contributed by atoms with Crippen molar-refractivity contribution in [3.8, 4) is 11.1 Å². The molecule has 3 aromatic carbocycles. The average Bonchev–Trinajstić information content (AvgIpc) is 2.90. The Hall–Kier alpha value is -2.34. The van der Waals surface area contributed by atoms with Crippen molar-refractivity contribution in [3.63, 3.8) is 0 Å². The molecule has 0 unspecified atom stereocenters. The maximum atomic E-state index is 2.35. The SMILES string of the molecule is CC1=Cc2c(-c3ccc4ccccc4c3)ccc(C)c2C1. The van der Waals surface area contributed by atoms with E-state index >= 15 is 0 Å². The third-order valence-corrected chi connectivity index (χ3v) is 4.50. The molecule has 0 heterocycles. The minimum Gasteiger partial charge on any atom is -0.0683 e. The molecule has 0 aliphatic heterocycles. The van der Waals surface area contributed by atoms with E-state index in [1.807, 2.05) is 0 Å². The van der Waals surface area contributed by atoms with Gasteiger partial charge in [0.05, 0.1) is 0 Å². The van der Waals surface area contributed by atoms with Crippen LogP contribution in [0.1, 0.15) is 23.6 Å². The highest BCUT2D eigenvalue weighted by Crippen LogP contribution is 2.36. The third kappa shape index (κ3) is 1.99. The summed E-state index contributed by atoms with van der Waals surface area (Å²) >= 11 is 0. The quantitative estimate of drug-likeness (QED) is 0.526. The summed E-state index contributed by atoms with van der Waals surface area (Å²) in [5, 5.41) is 2.61. The van der Waals surface area contributed by atoms with Crippen LogP contribution < -0.4 is 0 Å². The molecule has 0 bridgehead atoms. The van der Waals surface area contributed by atoms with Gasteiger partial charge < -0.3 is 0 Å². The largest absolute Gasteiger partial charge is 0.0683 e.